The first-order valence-corrected chi connectivity index (χ1v) is 4.91. The lowest BCUT2D eigenvalue weighted by molar-refractivity contribution is -0.131. The Balaban J connectivity index is 2.98. The van der Waals surface area contributed by atoms with Crippen LogP contribution in [0.1, 0.15) is 5.56 Å². The van der Waals surface area contributed by atoms with Crippen molar-refractivity contribution in [2.24, 2.45) is 0 Å². The molecule has 0 saturated heterocycles. The molecular weight excluding hydrogens is 235 g/mol. The Bertz CT molecular complexity index is 404. The van der Waals surface area contributed by atoms with Crippen molar-refractivity contribution < 1.29 is 19.0 Å². The van der Waals surface area contributed by atoms with Gasteiger partial charge in [-0.15, -0.1) is 0 Å². The predicted octanol–water partition coefficient (Wildman–Crippen LogP) is 2.79. The molecule has 1 aromatic carbocycles. The zero-order valence-corrected chi connectivity index (χ0v) is 9.08. The summed E-state index contributed by atoms with van der Waals surface area (Å²) in [6, 6.07) is 4.85. The maximum atomic E-state index is 12.0. The predicted molar refractivity (Wildman–Crippen MR) is 59.6 cm³/mol. The van der Waals surface area contributed by atoms with Gasteiger partial charge in [-0.1, -0.05) is 17.7 Å². The Morgan fingerprint density at radius 1 is 1.56 bits per heavy atom. The molecule has 3 nitrogen and oxygen atoms in total. The molecule has 0 radical (unpaired) electrons. The van der Waals surface area contributed by atoms with Gasteiger partial charge in [0.2, 0.25) is 0 Å². The Morgan fingerprint density at radius 2 is 2.31 bits per heavy atom. The molecule has 5 heteroatoms. The molecule has 0 aliphatic rings. The summed E-state index contributed by atoms with van der Waals surface area (Å²) in [7, 11) is 0. The van der Waals surface area contributed by atoms with Crippen LogP contribution in [0.3, 0.4) is 0 Å². The third-order valence-corrected chi connectivity index (χ3v) is 2.07. The van der Waals surface area contributed by atoms with E-state index < -0.39 is 12.6 Å². The van der Waals surface area contributed by atoms with Gasteiger partial charge in [0.05, 0.1) is 5.02 Å². The fraction of sp³-hybridized carbons (Fsp3) is 0.182. The number of hydrogen-bond acceptors (Lipinski definition) is 2. The molecule has 0 aliphatic carbocycles. The molecule has 0 atom stereocenters. The molecule has 86 valence electrons. The smallest absolute Gasteiger partial charge is 0.328 e. The van der Waals surface area contributed by atoms with Crippen molar-refractivity contribution in [3.8, 4) is 5.75 Å². The van der Waals surface area contributed by atoms with Crippen molar-refractivity contribution in [2.45, 2.75) is 0 Å². The molecule has 0 spiro atoms. The van der Waals surface area contributed by atoms with E-state index in [-0.39, 0.29) is 6.61 Å². The largest absolute Gasteiger partial charge is 0.490 e. The molecule has 0 unspecified atom stereocenters. The van der Waals surface area contributed by atoms with Gasteiger partial charge >= 0.3 is 5.97 Å². The third kappa shape index (κ3) is 3.55. The average Bonchev–Trinajstić information content (AvgIpc) is 2.24. The summed E-state index contributed by atoms with van der Waals surface area (Å²) >= 11 is 5.87. The highest BCUT2D eigenvalue weighted by molar-refractivity contribution is 6.32. The molecule has 1 N–H and O–H groups in total. The van der Waals surface area contributed by atoms with E-state index in [2.05, 4.69) is 0 Å². The van der Waals surface area contributed by atoms with Gasteiger partial charge < -0.3 is 9.84 Å². The number of carboxylic acid groups (broad SMARTS) is 1. The minimum Gasteiger partial charge on any atom is -0.490 e. The maximum absolute atomic E-state index is 12.0. The van der Waals surface area contributed by atoms with Crippen LogP contribution < -0.4 is 4.74 Å². The summed E-state index contributed by atoms with van der Waals surface area (Å²) in [5.74, 6) is -0.723. The zero-order chi connectivity index (χ0) is 12.0. The minimum absolute atomic E-state index is 0.0890. The molecule has 16 heavy (non-hydrogen) atoms. The van der Waals surface area contributed by atoms with E-state index in [0.29, 0.717) is 16.3 Å². The number of aliphatic carboxylic acids is 1. The number of benzene rings is 1. The van der Waals surface area contributed by atoms with Gasteiger partial charge in [0.15, 0.2) is 0 Å². The summed E-state index contributed by atoms with van der Waals surface area (Å²) in [6.45, 7) is -0.706. The van der Waals surface area contributed by atoms with E-state index in [1.54, 1.807) is 18.2 Å². The van der Waals surface area contributed by atoms with E-state index in [0.717, 1.165) is 6.08 Å². The topological polar surface area (TPSA) is 46.5 Å². The van der Waals surface area contributed by atoms with Crippen LogP contribution in [0.5, 0.6) is 5.75 Å². The molecule has 0 heterocycles. The Kier molecular flexibility index (Phi) is 4.79. The first-order valence-electron chi connectivity index (χ1n) is 4.53. The van der Waals surface area contributed by atoms with Gasteiger partial charge in [-0.05, 0) is 18.2 Å². The molecule has 0 amide bonds. The molecule has 0 saturated carbocycles. The summed E-state index contributed by atoms with van der Waals surface area (Å²) in [6.07, 6.45) is 2.27. The first-order chi connectivity index (χ1) is 7.65. The number of alkyl halides is 1. The van der Waals surface area contributed by atoms with Crippen LogP contribution in [-0.4, -0.2) is 24.4 Å². The minimum atomic E-state index is -1.09. The second-order valence-corrected chi connectivity index (χ2v) is 3.27. The fourth-order valence-corrected chi connectivity index (χ4v) is 1.34. The SMILES string of the molecule is O=C(O)/C=C/c1c(Cl)cccc1OCCF. The Hall–Kier alpha value is -1.55. The zero-order valence-electron chi connectivity index (χ0n) is 8.32. The van der Waals surface area contributed by atoms with Crippen LogP contribution in [0.15, 0.2) is 24.3 Å². The standard InChI is InChI=1S/C11H10ClFO3/c12-9-2-1-3-10(16-7-6-13)8(9)4-5-11(14)15/h1-5H,6-7H2,(H,14,15)/b5-4+. The maximum Gasteiger partial charge on any atom is 0.328 e. The molecule has 0 fully saturated rings. The number of halogens is 2. The van der Waals surface area contributed by atoms with Crippen molar-refractivity contribution in [1.29, 1.82) is 0 Å². The van der Waals surface area contributed by atoms with Crippen molar-refractivity contribution in [2.75, 3.05) is 13.3 Å². The fourth-order valence-electron chi connectivity index (χ4n) is 1.11. The van der Waals surface area contributed by atoms with Crippen LogP contribution >= 0.6 is 11.6 Å². The normalized spacial score (nSPS) is 10.6. The van der Waals surface area contributed by atoms with E-state index in [1.165, 1.54) is 6.08 Å². The van der Waals surface area contributed by atoms with Crippen LogP contribution in [0.25, 0.3) is 6.08 Å². The van der Waals surface area contributed by atoms with Crippen LogP contribution in [0.2, 0.25) is 5.02 Å². The van der Waals surface area contributed by atoms with E-state index >= 15 is 0 Å². The summed E-state index contributed by atoms with van der Waals surface area (Å²) in [5.41, 5.74) is 0.431. The highest BCUT2D eigenvalue weighted by Gasteiger charge is 2.05. The molecule has 0 aliphatic heterocycles. The lowest BCUT2D eigenvalue weighted by atomic mass is 10.2. The molecule has 1 rings (SSSR count). The van der Waals surface area contributed by atoms with Gasteiger partial charge in [-0.2, -0.15) is 0 Å². The number of carboxylic acids is 1. The first kappa shape index (κ1) is 12.5. The number of ether oxygens (including phenoxy) is 1. The quantitative estimate of drug-likeness (QED) is 0.810. The number of hydrogen-bond donors (Lipinski definition) is 1. The van der Waals surface area contributed by atoms with Crippen LogP contribution in [0.4, 0.5) is 4.39 Å². The van der Waals surface area contributed by atoms with Crippen LogP contribution in [0, 0.1) is 0 Å². The Labute approximate surface area is 97.1 Å². The highest BCUT2D eigenvalue weighted by Crippen LogP contribution is 2.27. The average molecular weight is 245 g/mol. The van der Waals surface area contributed by atoms with Crippen molar-refractivity contribution in [1.82, 2.24) is 0 Å². The van der Waals surface area contributed by atoms with Crippen molar-refractivity contribution >= 4 is 23.6 Å². The van der Waals surface area contributed by atoms with Gasteiger partial charge in [-0.3, -0.25) is 0 Å². The van der Waals surface area contributed by atoms with E-state index in [4.69, 9.17) is 21.4 Å². The molecule has 0 bridgehead atoms. The van der Waals surface area contributed by atoms with Gasteiger partial charge in [0.1, 0.15) is 19.0 Å². The van der Waals surface area contributed by atoms with Gasteiger partial charge in [-0.25, -0.2) is 9.18 Å². The second-order valence-electron chi connectivity index (χ2n) is 2.86. The summed E-state index contributed by atoms with van der Waals surface area (Å²) in [5, 5.41) is 8.86. The third-order valence-electron chi connectivity index (χ3n) is 1.74. The highest BCUT2D eigenvalue weighted by atomic mass is 35.5. The second kappa shape index (κ2) is 6.12. The monoisotopic (exact) mass is 244 g/mol. The summed E-state index contributed by atoms with van der Waals surface area (Å²) < 4.78 is 17.1. The summed E-state index contributed by atoms with van der Waals surface area (Å²) in [4.78, 5) is 10.4. The molecule has 0 aromatic heterocycles. The lowest BCUT2D eigenvalue weighted by Gasteiger charge is -2.08. The number of carbonyl (C=O) groups is 1. The van der Waals surface area contributed by atoms with Crippen molar-refractivity contribution in [3.63, 3.8) is 0 Å². The number of rotatable bonds is 5. The van der Waals surface area contributed by atoms with Crippen molar-refractivity contribution in [3.05, 3.63) is 34.9 Å². The van der Waals surface area contributed by atoms with Crippen LogP contribution in [-0.2, 0) is 4.79 Å². The molecule has 1 aromatic rings. The Morgan fingerprint density at radius 3 is 2.94 bits per heavy atom. The van der Waals surface area contributed by atoms with E-state index in [9.17, 15) is 9.18 Å². The van der Waals surface area contributed by atoms with E-state index in [1.807, 2.05) is 0 Å². The van der Waals surface area contributed by atoms with Gasteiger partial charge in [0.25, 0.3) is 0 Å². The molecular formula is C11H10ClFO3. The lowest BCUT2D eigenvalue weighted by Crippen LogP contribution is -2.00. The van der Waals surface area contributed by atoms with Gasteiger partial charge in [0, 0.05) is 11.6 Å².